The van der Waals surface area contributed by atoms with Gasteiger partial charge in [-0.15, -0.1) is 0 Å². The third kappa shape index (κ3) is 2.48. The fourth-order valence-electron chi connectivity index (χ4n) is 0.689. The summed E-state index contributed by atoms with van der Waals surface area (Å²) in [7, 11) is 0. The second-order valence-electron chi connectivity index (χ2n) is 3.92. The minimum absolute atomic E-state index is 0.0862. The van der Waals surface area contributed by atoms with E-state index in [2.05, 4.69) is 4.90 Å². The Morgan fingerprint density at radius 1 is 1.50 bits per heavy atom. The topological polar surface area (TPSA) is 29.3 Å². The van der Waals surface area contributed by atoms with Crippen molar-refractivity contribution in [3.8, 4) is 0 Å². The molecule has 0 aromatic rings. The highest BCUT2D eigenvalue weighted by atomic mass is 16.5. The number of ether oxygens (including phenoxy) is 1. The van der Waals surface area contributed by atoms with Gasteiger partial charge in [0.1, 0.15) is 6.73 Å². The Labute approximate surface area is 73.7 Å². The molecule has 0 aromatic heterocycles. The third-order valence-corrected chi connectivity index (χ3v) is 2.35. The molecule has 0 amide bonds. The number of carbonyl (C=O) groups is 1. The van der Waals surface area contributed by atoms with Gasteiger partial charge >= 0.3 is 5.97 Å². The summed E-state index contributed by atoms with van der Waals surface area (Å²) < 4.78 is 5.11. The predicted molar refractivity (Wildman–Crippen MR) is 46.6 cm³/mol. The second-order valence-corrected chi connectivity index (χ2v) is 3.92. The molecule has 0 aromatic carbocycles. The van der Waals surface area contributed by atoms with Gasteiger partial charge in [0.15, 0.2) is 0 Å². The highest BCUT2D eigenvalue weighted by Gasteiger charge is 2.28. The summed E-state index contributed by atoms with van der Waals surface area (Å²) in [6.07, 6.45) is 0.825. The van der Waals surface area contributed by atoms with Gasteiger partial charge in [0.05, 0.1) is 5.41 Å². The van der Waals surface area contributed by atoms with Gasteiger partial charge in [-0.1, -0.05) is 6.92 Å². The van der Waals surface area contributed by atoms with E-state index in [1.165, 1.54) is 0 Å². The highest BCUT2D eigenvalue weighted by Crippen LogP contribution is 2.21. The molecule has 0 N–H and O–H groups in total. The maximum atomic E-state index is 11.4. The normalized spacial score (nSPS) is 17.6. The summed E-state index contributed by atoms with van der Waals surface area (Å²) in [6.45, 7) is 8.44. The molecule has 0 bridgehead atoms. The number of nitrogens with zero attached hydrogens (tertiary/aromatic N) is 1. The molecule has 0 spiro atoms. The zero-order valence-corrected chi connectivity index (χ0v) is 8.09. The summed E-state index contributed by atoms with van der Waals surface area (Å²) in [6, 6.07) is 0. The smallest absolute Gasteiger partial charge is 0.312 e. The molecular formula is C9H17NO2. The van der Waals surface area contributed by atoms with Crippen molar-refractivity contribution in [2.45, 2.75) is 27.2 Å². The molecular weight excluding hydrogens is 154 g/mol. The van der Waals surface area contributed by atoms with Crippen LogP contribution in [0.15, 0.2) is 0 Å². The van der Waals surface area contributed by atoms with Crippen LogP contribution >= 0.6 is 0 Å². The number of hydrogen-bond acceptors (Lipinski definition) is 3. The van der Waals surface area contributed by atoms with Crippen molar-refractivity contribution >= 4 is 5.97 Å². The van der Waals surface area contributed by atoms with Crippen LogP contribution in [-0.4, -0.2) is 30.7 Å². The maximum Gasteiger partial charge on any atom is 0.312 e. The lowest BCUT2D eigenvalue weighted by atomic mass is 9.91. The monoisotopic (exact) mass is 171 g/mol. The molecule has 3 nitrogen and oxygen atoms in total. The van der Waals surface area contributed by atoms with Crippen molar-refractivity contribution in [3.05, 3.63) is 0 Å². The van der Waals surface area contributed by atoms with Crippen LogP contribution in [-0.2, 0) is 9.53 Å². The fraction of sp³-hybridized carbons (Fsp3) is 0.889. The van der Waals surface area contributed by atoms with Crippen LogP contribution in [0.1, 0.15) is 27.2 Å². The van der Waals surface area contributed by atoms with Gasteiger partial charge < -0.3 is 4.74 Å². The third-order valence-electron chi connectivity index (χ3n) is 2.35. The quantitative estimate of drug-likeness (QED) is 0.471. The molecule has 1 fully saturated rings. The first-order valence-corrected chi connectivity index (χ1v) is 4.46. The van der Waals surface area contributed by atoms with Crippen LogP contribution in [0.4, 0.5) is 0 Å². The Hall–Kier alpha value is -0.570. The Morgan fingerprint density at radius 2 is 2.08 bits per heavy atom. The average molecular weight is 171 g/mol. The van der Waals surface area contributed by atoms with E-state index >= 15 is 0 Å². The molecule has 0 atom stereocenters. The molecule has 0 unspecified atom stereocenters. The first kappa shape index (κ1) is 9.52. The van der Waals surface area contributed by atoms with Crippen LogP contribution in [0.3, 0.4) is 0 Å². The molecule has 1 aliphatic heterocycles. The summed E-state index contributed by atoms with van der Waals surface area (Å²) in [5, 5.41) is 0. The zero-order valence-electron chi connectivity index (χ0n) is 8.09. The lowest BCUT2D eigenvalue weighted by Crippen LogP contribution is -2.27. The van der Waals surface area contributed by atoms with E-state index in [-0.39, 0.29) is 11.4 Å². The van der Waals surface area contributed by atoms with Crippen molar-refractivity contribution in [1.82, 2.24) is 4.90 Å². The second kappa shape index (κ2) is 3.44. The molecule has 1 heterocycles. The van der Waals surface area contributed by atoms with Gasteiger partial charge in [-0.25, -0.2) is 0 Å². The predicted octanol–water partition coefficient (Wildman–Crippen LogP) is 1.24. The fourth-order valence-corrected chi connectivity index (χ4v) is 0.689. The van der Waals surface area contributed by atoms with Gasteiger partial charge in [-0.05, 0) is 20.3 Å². The minimum Gasteiger partial charge on any atom is -0.449 e. The van der Waals surface area contributed by atoms with Crippen molar-refractivity contribution in [2.75, 3.05) is 19.8 Å². The van der Waals surface area contributed by atoms with Gasteiger partial charge in [-0.3, -0.25) is 9.69 Å². The van der Waals surface area contributed by atoms with Crippen molar-refractivity contribution in [2.24, 2.45) is 5.41 Å². The number of esters is 1. The zero-order chi connectivity index (χ0) is 9.19. The average Bonchev–Trinajstić information content (AvgIpc) is 2.83. The molecule has 1 rings (SSSR count). The lowest BCUT2D eigenvalue weighted by Gasteiger charge is -2.20. The van der Waals surface area contributed by atoms with Gasteiger partial charge in [0.25, 0.3) is 0 Å². The number of hydrogen-bond donors (Lipinski definition) is 0. The molecule has 3 heteroatoms. The van der Waals surface area contributed by atoms with Crippen LogP contribution in [0.2, 0.25) is 0 Å². The number of rotatable bonds is 4. The van der Waals surface area contributed by atoms with E-state index in [4.69, 9.17) is 4.74 Å². The van der Waals surface area contributed by atoms with Crippen molar-refractivity contribution in [3.63, 3.8) is 0 Å². The highest BCUT2D eigenvalue weighted by molar-refractivity contribution is 5.75. The molecule has 12 heavy (non-hydrogen) atoms. The Kier molecular flexibility index (Phi) is 2.73. The molecule has 0 saturated carbocycles. The largest absolute Gasteiger partial charge is 0.449 e. The molecule has 0 aliphatic carbocycles. The van der Waals surface area contributed by atoms with E-state index in [1.807, 2.05) is 20.8 Å². The van der Waals surface area contributed by atoms with Crippen LogP contribution in [0.25, 0.3) is 0 Å². The van der Waals surface area contributed by atoms with Gasteiger partial charge in [0.2, 0.25) is 0 Å². The first-order chi connectivity index (χ1) is 5.56. The SMILES string of the molecule is CCC(C)(C)C(=O)OCN1CC1. The van der Waals surface area contributed by atoms with E-state index < -0.39 is 0 Å². The van der Waals surface area contributed by atoms with E-state index in [0.717, 1.165) is 19.5 Å². The Balaban J connectivity index is 2.25. The number of carbonyl (C=O) groups excluding carboxylic acids is 1. The van der Waals surface area contributed by atoms with Crippen LogP contribution in [0, 0.1) is 5.41 Å². The van der Waals surface area contributed by atoms with Gasteiger partial charge in [-0.2, -0.15) is 0 Å². The Morgan fingerprint density at radius 3 is 2.50 bits per heavy atom. The summed E-state index contributed by atoms with van der Waals surface area (Å²) in [5.74, 6) is -0.0862. The van der Waals surface area contributed by atoms with E-state index in [1.54, 1.807) is 0 Å². The summed E-state index contributed by atoms with van der Waals surface area (Å²) in [4.78, 5) is 13.5. The maximum absolute atomic E-state index is 11.4. The molecule has 1 aliphatic rings. The minimum atomic E-state index is -0.323. The summed E-state index contributed by atoms with van der Waals surface area (Å²) in [5.41, 5.74) is -0.323. The van der Waals surface area contributed by atoms with E-state index in [0.29, 0.717) is 6.73 Å². The van der Waals surface area contributed by atoms with Crippen LogP contribution in [0.5, 0.6) is 0 Å². The molecule has 70 valence electrons. The first-order valence-electron chi connectivity index (χ1n) is 4.46. The molecule has 1 saturated heterocycles. The van der Waals surface area contributed by atoms with Gasteiger partial charge in [0, 0.05) is 13.1 Å². The van der Waals surface area contributed by atoms with Crippen LogP contribution < -0.4 is 0 Å². The summed E-state index contributed by atoms with van der Waals surface area (Å²) >= 11 is 0. The Bertz CT molecular complexity index is 173. The van der Waals surface area contributed by atoms with Crippen molar-refractivity contribution < 1.29 is 9.53 Å². The van der Waals surface area contributed by atoms with E-state index in [9.17, 15) is 4.79 Å². The standard InChI is InChI=1S/C9H17NO2/c1-4-9(2,3)8(11)12-7-10-5-6-10/h4-7H2,1-3H3. The van der Waals surface area contributed by atoms with Crippen molar-refractivity contribution in [1.29, 1.82) is 0 Å². The lowest BCUT2D eigenvalue weighted by molar-refractivity contribution is -0.156. The molecule has 0 radical (unpaired) electrons.